The molecular formula is C19H21NO. The molecule has 108 valence electrons. The van der Waals surface area contributed by atoms with Crippen molar-refractivity contribution in [3.05, 3.63) is 84.6 Å². The summed E-state index contributed by atoms with van der Waals surface area (Å²) in [6.45, 7) is 5.96. The standard InChI is InChI=1S/C19H21NO/c1-3-20(16(2)21)15-14-19(17-10-6-4-7-11-17)18-12-8-5-9-13-18/h3-13,19H,1,14-15H2,2H3. The van der Waals surface area contributed by atoms with Gasteiger partial charge in [0.05, 0.1) is 0 Å². The van der Waals surface area contributed by atoms with E-state index in [0.717, 1.165) is 6.42 Å². The fourth-order valence-corrected chi connectivity index (χ4v) is 2.54. The van der Waals surface area contributed by atoms with Crippen molar-refractivity contribution in [1.29, 1.82) is 0 Å². The Labute approximate surface area is 126 Å². The molecule has 0 fully saturated rings. The van der Waals surface area contributed by atoms with Crippen molar-refractivity contribution in [3.63, 3.8) is 0 Å². The summed E-state index contributed by atoms with van der Waals surface area (Å²) in [6, 6.07) is 20.8. The van der Waals surface area contributed by atoms with Gasteiger partial charge in [-0.25, -0.2) is 0 Å². The molecule has 0 N–H and O–H groups in total. The summed E-state index contributed by atoms with van der Waals surface area (Å²) in [7, 11) is 0. The van der Waals surface area contributed by atoms with Gasteiger partial charge in [0.25, 0.3) is 0 Å². The molecule has 2 heteroatoms. The molecule has 0 aliphatic carbocycles. The van der Waals surface area contributed by atoms with Crippen LogP contribution >= 0.6 is 0 Å². The number of nitrogens with zero attached hydrogens (tertiary/aromatic N) is 1. The van der Waals surface area contributed by atoms with E-state index >= 15 is 0 Å². The lowest BCUT2D eigenvalue weighted by Crippen LogP contribution is -2.25. The molecule has 0 aromatic heterocycles. The van der Waals surface area contributed by atoms with E-state index in [9.17, 15) is 4.79 Å². The van der Waals surface area contributed by atoms with Gasteiger partial charge in [0.15, 0.2) is 0 Å². The molecule has 21 heavy (non-hydrogen) atoms. The Morgan fingerprint density at radius 2 is 1.52 bits per heavy atom. The molecule has 2 nitrogen and oxygen atoms in total. The highest BCUT2D eigenvalue weighted by molar-refractivity contribution is 5.74. The highest BCUT2D eigenvalue weighted by atomic mass is 16.2. The smallest absolute Gasteiger partial charge is 0.223 e. The van der Waals surface area contributed by atoms with Gasteiger partial charge in [-0.05, 0) is 23.7 Å². The maximum Gasteiger partial charge on any atom is 0.223 e. The molecule has 0 heterocycles. The van der Waals surface area contributed by atoms with Crippen LogP contribution in [0.25, 0.3) is 0 Å². The Morgan fingerprint density at radius 1 is 1.05 bits per heavy atom. The van der Waals surface area contributed by atoms with Crippen molar-refractivity contribution in [1.82, 2.24) is 4.90 Å². The summed E-state index contributed by atoms with van der Waals surface area (Å²) < 4.78 is 0. The molecule has 0 bridgehead atoms. The van der Waals surface area contributed by atoms with E-state index in [0.29, 0.717) is 6.54 Å². The van der Waals surface area contributed by atoms with Gasteiger partial charge >= 0.3 is 0 Å². The molecule has 0 saturated heterocycles. The Balaban J connectivity index is 2.21. The Kier molecular flexibility index (Phi) is 5.33. The van der Waals surface area contributed by atoms with Gasteiger partial charge in [-0.15, -0.1) is 0 Å². The maximum atomic E-state index is 11.5. The number of rotatable bonds is 6. The van der Waals surface area contributed by atoms with Crippen LogP contribution in [-0.2, 0) is 4.79 Å². The second-order valence-electron chi connectivity index (χ2n) is 5.06. The van der Waals surface area contributed by atoms with Crippen LogP contribution < -0.4 is 0 Å². The number of carbonyl (C=O) groups is 1. The molecule has 0 saturated carbocycles. The quantitative estimate of drug-likeness (QED) is 0.776. The van der Waals surface area contributed by atoms with Crippen LogP contribution in [0.15, 0.2) is 73.4 Å². The zero-order chi connectivity index (χ0) is 15.1. The molecule has 0 radical (unpaired) electrons. The second-order valence-corrected chi connectivity index (χ2v) is 5.06. The third kappa shape index (κ3) is 4.06. The zero-order valence-corrected chi connectivity index (χ0v) is 12.4. The number of amides is 1. The van der Waals surface area contributed by atoms with Crippen LogP contribution in [0.5, 0.6) is 0 Å². The number of hydrogen-bond acceptors (Lipinski definition) is 1. The van der Waals surface area contributed by atoms with Crippen LogP contribution in [0.4, 0.5) is 0 Å². The molecule has 0 spiro atoms. The van der Waals surface area contributed by atoms with Gasteiger partial charge in [-0.3, -0.25) is 4.79 Å². The van der Waals surface area contributed by atoms with Gasteiger partial charge in [-0.2, -0.15) is 0 Å². The van der Waals surface area contributed by atoms with E-state index in [4.69, 9.17) is 0 Å². The van der Waals surface area contributed by atoms with Crippen LogP contribution in [0.2, 0.25) is 0 Å². The van der Waals surface area contributed by atoms with Gasteiger partial charge in [0.1, 0.15) is 0 Å². The summed E-state index contributed by atoms with van der Waals surface area (Å²) in [4.78, 5) is 13.2. The third-order valence-corrected chi connectivity index (χ3v) is 3.69. The van der Waals surface area contributed by atoms with Gasteiger partial charge in [-0.1, -0.05) is 67.2 Å². The Bertz CT molecular complexity index is 538. The van der Waals surface area contributed by atoms with E-state index < -0.39 is 0 Å². The zero-order valence-electron chi connectivity index (χ0n) is 12.4. The van der Waals surface area contributed by atoms with Crippen molar-refractivity contribution in [2.45, 2.75) is 19.3 Å². The molecule has 2 aromatic rings. The minimum Gasteiger partial charge on any atom is -0.320 e. The predicted molar refractivity (Wildman–Crippen MR) is 86.9 cm³/mol. The lowest BCUT2D eigenvalue weighted by Gasteiger charge is -2.22. The number of benzene rings is 2. The van der Waals surface area contributed by atoms with E-state index in [1.807, 2.05) is 12.1 Å². The van der Waals surface area contributed by atoms with Gasteiger partial charge in [0, 0.05) is 19.4 Å². The van der Waals surface area contributed by atoms with Crippen LogP contribution in [0, 0.1) is 0 Å². The van der Waals surface area contributed by atoms with E-state index in [-0.39, 0.29) is 11.8 Å². The monoisotopic (exact) mass is 279 g/mol. The summed E-state index contributed by atoms with van der Waals surface area (Å²) in [6.07, 6.45) is 2.48. The first kappa shape index (κ1) is 15.0. The average molecular weight is 279 g/mol. The molecule has 0 aliphatic rings. The van der Waals surface area contributed by atoms with Crippen molar-refractivity contribution >= 4 is 5.91 Å². The lowest BCUT2D eigenvalue weighted by molar-refractivity contribution is -0.126. The first-order chi connectivity index (χ1) is 10.2. The highest BCUT2D eigenvalue weighted by Crippen LogP contribution is 2.28. The molecule has 0 aliphatic heterocycles. The molecule has 2 rings (SSSR count). The van der Waals surface area contributed by atoms with E-state index in [1.165, 1.54) is 11.1 Å². The van der Waals surface area contributed by atoms with E-state index in [1.54, 1.807) is 18.0 Å². The second kappa shape index (κ2) is 7.44. The fraction of sp³-hybridized carbons (Fsp3) is 0.211. The third-order valence-electron chi connectivity index (χ3n) is 3.69. The topological polar surface area (TPSA) is 20.3 Å². The van der Waals surface area contributed by atoms with Crippen LogP contribution in [-0.4, -0.2) is 17.4 Å². The highest BCUT2D eigenvalue weighted by Gasteiger charge is 2.15. The molecule has 0 unspecified atom stereocenters. The maximum absolute atomic E-state index is 11.5. The lowest BCUT2D eigenvalue weighted by atomic mass is 9.88. The largest absolute Gasteiger partial charge is 0.320 e. The Hall–Kier alpha value is -2.35. The summed E-state index contributed by atoms with van der Waals surface area (Å²) in [5, 5.41) is 0. The van der Waals surface area contributed by atoms with Crippen molar-refractivity contribution in [3.8, 4) is 0 Å². The molecule has 2 aromatic carbocycles. The normalized spacial score (nSPS) is 10.4. The molecular weight excluding hydrogens is 258 g/mol. The average Bonchev–Trinajstić information content (AvgIpc) is 2.53. The SMILES string of the molecule is C=CN(CCC(c1ccccc1)c1ccccc1)C(C)=O. The van der Waals surface area contributed by atoms with Crippen LogP contribution in [0.1, 0.15) is 30.4 Å². The first-order valence-electron chi connectivity index (χ1n) is 7.22. The summed E-state index contributed by atoms with van der Waals surface area (Å²) >= 11 is 0. The van der Waals surface area contributed by atoms with Gasteiger partial charge < -0.3 is 4.90 Å². The van der Waals surface area contributed by atoms with E-state index in [2.05, 4.69) is 55.1 Å². The number of carbonyl (C=O) groups excluding carboxylic acids is 1. The fourth-order valence-electron chi connectivity index (χ4n) is 2.54. The van der Waals surface area contributed by atoms with Crippen molar-refractivity contribution < 1.29 is 4.79 Å². The van der Waals surface area contributed by atoms with Crippen molar-refractivity contribution in [2.24, 2.45) is 0 Å². The Morgan fingerprint density at radius 3 is 1.90 bits per heavy atom. The first-order valence-corrected chi connectivity index (χ1v) is 7.22. The van der Waals surface area contributed by atoms with Gasteiger partial charge in [0.2, 0.25) is 5.91 Å². The predicted octanol–water partition coefficient (Wildman–Crippen LogP) is 4.20. The van der Waals surface area contributed by atoms with Crippen molar-refractivity contribution in [2.75, 3.05) is 6.54 Å². The molecule has 1 amide bonds. The molecule has 0 atom stereocenters. The number of hydrogen-bond donors (Lipinski definition) is 0. The minimum absolute atomic E-state index is 0.0323. The van der Waals surface area contributed by atoms with Crippen LogP contribution in [0.3, 0.4) is 0 Å². The summed E-state index contributed by atoms with van der Waals surface area (Å²) in [5.41, 5.74) is 2.55. The minimum atomic E-state index is 0.0323. The summed E-state index contributed by atoms with van der Waals surface area (Å²) in [5.74, 6) is 0.319.